The molecular weight excluding hydrogens is 406 g/mol. The number of rotatable bonds is 5. The quantitative estimate of drug-likeness (QED) is 0.613. The summed E-state index contributed by atoms with van der Waals surface area (Å²) in [6.07, 6.45) is 0. The molecule has 0 aliphatic carbocycles. The van der Waals surface area contributed by atoms with Crippen LogP contribution in [0.2, 0.25) is 0 Å². The number of hydrogen-bond acceptors (Lipinski definition) is 4. The van der Waals surface area contributed by atoms with Crippen molar-refractivity contribution in [2.75, 3.05) is 13.7 Å². The first-order valence-corrected chi connectivity index (χ1v) is 10.3. The molecule has 0 spiro atoms. The van der Waals surface area contributed by atoms with Gasteiger partial charge in [-0.3, -0.25) is 14.9 Å². The highest BCUT2D eigenvalue weighted by Crippen LogP contribution is 2.33. The molecule has 5 rings (SSSR count). The molecule has 0 unspecified atom stereocenters. The van der Waals surface area contributed by atoms with Crippen molar-refractivity contribution >= 4 is 17.8 Å². The van der Waals surface area contributed by atoms with Crippen LogP contribution in [0.25, 0.3) is 11.1 Å². The first-order chi connectivity index (χ1) is 15.5. The summed E-state index contributed by atoms with van der Waals surface area (Å²) in [6.45, 7) is 0.371. The monoisotopic (exact) mass is 427 g/mol. The summed E-state index contributed by atoms with van der Waals surface area (Å²) in [4.78, 5) is 39.8. The molecule has 2 N–H and O–H groups in total. The van der Waals surface area contributed by atoms with Gasteiger partial charge in [-0.15, -0.1) is 0 Å². The fourth-order valence-corrected chi connectivity index (χ4v) is 4.36. The fraction of sp³-hybridized carbons (Fsp3) is 0.160. The summed E-state index contributed by atoms with van der Waals surface area (Å²) >= 11 is 0. The van der Waals surface area contributed by atoms with Crippen LogP contribution in [0.3, 0.4) is 0 Å². The molecule has 160 valence electrons. The third kappa shape index (κ3) is 3.19. The number of urea groups is 1. The van der Waals surface area contributed by atoms with Crippen molar-refractivity contribution in [3.63, 3.8) is 0 Å². The van der Waals surface area contributed by atoms with Crippen molar-refractivity contribution in [3.8, 4) is 16.9 Å². The molecular formula is C25H21N3O4. The van der Waals surface area contributed by atoms with Crippen molar-refractivity contribution in [1.82, 2.24) is 15.5 Å². The number of benzene rings is 3. The maximum Gasteiger partial charge on any atom is 0.322 e. The Morgan fingerprint density at radius 1 is 0.938 bits per heavy atom. The largest absolute Gasteiger partial charge is 0.497 e. The first kappa shape index (κ1) is 19.8. The molecule has 3 aromatic rings. The number of ether oxygens (including phenoxy) is 1. The minimum atomic E-state index is -1.37. The number of carbonyl (C=O) groups excluding carboxylic acids is 3. The topological polar surface area (TPSA) is 87.7 Å². The van der Waals surface area contributed by atoms with Gasteiger partial charge < -0.3 is 15.0 Å². The second kappa shape index (κ2) is 7.53. The highest BCUT2D eigenvalue weighted by atomic mass is 16.5. The van der Waals surface area contributed by atoms with Crippen molar-refractivity contribution in [2.45, 2.75) is 12.1 Å². The van der Waals surface area contributed by atoms with Crippen LogP contribution >= 0.6 is 0 Å². The van der Waals surface area contributed by atoms with E-state index in [-0.39, 0.29) is 12.5 Å². The highest BCUT2D eigenvalue weighted by molar-refractivity contribution is 6.08. The van der Waals surface area contributed by atoms with Gasteiger partial charge in [0, 0.05) is 12.1 Å². The van der Waals surface area contributed by atoms with Gasteiger partial charge in [-0.1, -0.05) is 60.7 Å². The Kier molecular flexibility index (Phi) is 4.66. The van der Waals surface area contributed by atoms with Gasteiger partial charge in [0.25, 0.3) is 11.8 Å². The van der Waals surface area contributed by atoms with E-state index in [0.717, 1.165) is 16.7 Å². The molecule has 1 fully saturated rings. The molecule has 0 bridgehead atoms. The zero-order chi connectivity index (χ0) is 22.3. The SMILES string of the molecule is COc1ccc2c(c1)C(=O)N(C[C@@]1(c3ccc(-c4ccccc4)cc3)NC(=O)NC1=O)C2. The number of imide groups is 1. The van der Waals surface area contributed by atoms with Gasteiger partial charge in [-0.25, -0.2) is 4.79 Å². The van der Waals surface area contributed by atoms with E-state index in [1.54, 1.807) is 24.1 Å². The van der Waals surface area contributed by atoms with Crippen LogP contribution in [0, 0.1) is 0 Å². The van der Waals surface area contributed by atoms with Gasteiger partial charge in [-0.05, 0) is 34.4 Å². The number of hydrogen-bond donors (Lipinski definition) is 2. The third-order valence-corrected chi connectivity index (χ3v) is 6.05. The molecule has 2 aliphatic rings. The van der Waals surface area contributed by atoms with Crippen molar-refractivity contribution in [1.29, 1.82) is 0 Å². The second-order valence-electron chi connectivity index (χ2n) is 7.94. The van der Waals surface area contributed by atoms with E-state index in [9.17, 15) is 14.4 Å². The molecule has 1 atom stereocenters. The predicted molar refractivity (Wildman–Crippen MR) is 118 cm³/mol. The Morgan fingerprint density at radius 2 is 1.66 bits per heavy atom. The van der Waals surface area contributed by atoms with Crippen molar-refractivity contribution in [3.05, 3.63) is 89.5 Å². The molecule has 1 saturated heterocycles. The lowest BCUT2D eigenvalue weighted by Gasteiger charge is -2.31. The molecule has 0 saturated carbocycles. The average molecular weight is 427 g/mol. The summed E-state index contributed by atoms with van der Waals surface area (Å²) in [5.41, 5.74) is 2.69. The molecule has 7 nitrogen and oxygen atoms in total. The second-order valence-corrected chi connectivity index (χ2v) is 7.94. The molecule has 0 aromatic heterocycles. The van der Waals surface area contributed by atoms with E-state index in [1.807, 2.05) is 60.7 Å². The summed E-state index contributed by atoms with van der Waals surface area (Å²) in [5, 5.41) is 5.11. The van der Waals surface area contributed by atoms with Crippen LogP contribution in [0.5, 0.6) is 5.75 Å². The number of nitrogens with zero attached hydrogens (tertiary/aromatic N) is 1. The van der Waals surface area contributed by atoms with Gasteiger partial charge in [0.05, 0.1) is 13.7 Å². The highest BCUT2D eigenvalue weighted by Gasteiger charge is 2.50. The maximum absolute atomic E-state index is 13.1. The van der Waals surface area contributed by atoms with Crippen LogP contribution in [-0.4, -0.2) is 36.4 Å². The lowest BCUT2D eigenvalue weighted by molar-refractivity contribution is -0.124. The Bertz CT molecular complexity index is 1220. The van der Waals surface area contributed by atoms with Crippen molar-refractivity contribution in [2.24, 2.45) is 0 Å². The normalized spacial score (nSPS) is 19.5. The lowest BCUT2D eigenvalue weighted by Crippen LogP contribution is -2.52. The number of methoxy groups -OCH3 is 1. The third-order valence-electron chi connectivity index (χ3n) is 6.05. The minimum absolute atomic E-state index is 0.0189. The van der Waals surface area contributed by atoms with Crippen LogP contribution in [0.4, 0.5) is 4.79 Å². The van der Waals surface area contributed by atoms with E-state index in [2.05, 4.69) is 10.6 Å². The molecule has 2 aliphatic heterocycles. The molecule has 3 aromatic carbocycles. The summed E-state index contributed by atoms with van der Waals surface area (Å²) in [5.74, 6) is -0.0819. The molecule has 4 amide bonds. The van der Waals surface area contributed by atoms with Crippen LogP contribution < -0.4 is 15.4 Å². The van der Waals surface area contributed by atoms with Gasteiger partial charge in [0.1, 0.15) is 5.75 Å². The zero-order valence-corrected chi connectivity index (χ0v) is 17.4. The first-order valence-electron chi connectivity index (χ1n) is 10.3. The van der Waals surface area contributed by atoms with E-state index in [0.29, 0.717) is 23.4 Å². The van der Waals surface area contributed by atoms with Crippen LogP contribution in [0.1, 0.15) is 21.5 Å². The lowest BCUT2D eigenvalue weighted by atomic mass is 9.88. The van der Waals surface area contributed by atoms with E-state index in [4.69, 9.17) is 4.74 Å². The van der Waals surface area contributed by atoms with Gasteiger partial charge in [0.2, 0.25) is 0 Å². The predicted octanol–water partition coefficient (Wildman–Crippen LogP) is 3.05. The van der Waals surface area contributed by atoms with Crippen LogP contribution in [0.15, 0.2) is 72.8 Å². The average Bonchev–Trinajstić information content (AvgIpc) is 3.29. The Labute approximate surface area is 185 Å². The van der Waals surface area contributed by atoms with Gasteiger partial charge in [0.15, 0.2) is 5.54 Å². The smallest absolute Gasteiger partial charge is 0.322 e. The molecule has 0 radical (unpaired) electrons. The number of fused-ring (bicyclic) bond motifs is 1. The van der Waals surface area contributed by atoms with Gasteiger partial charge in [-0.2, -0.15) is 0 Å². The molecule has 32 heavy (non-hydrogen) atoms. The number of carbonyl (C=O) groups is 3. The Balaban J connectivity index is 1.48. The van der Waals surface area contributed by atoms with E-state index >= 15 is 0 Å². The Hall–Kier alpha value is -4.13. The van der Waals surface area contributed by atoms with E-state index < -0.39 is 17.5 Å². The summed E-state index contributed by atoms with van der Waals surface area (Å²) in [7, 11) is 1.55. The molecule has 7 heteroatoms. The summed E-state index contributed by atoms with van der Waals surface area (Å²) in [6, 6.07) is 22.1. The summed E-state index contributed by atoms with van der Waals surface area (Å²) < 4.78 is 5.23. The van der Waals surface area contributed by atoms with Crippen molar-refractivity contribution < 1.29 is 19.1 Å². The van der Waals surface area contributed by atoms with E-state index in [1.165, 1.54) is 0 Å². The van der Waals surface area contributed by atoms with Crippen LogP contribution in [-0.2, 0) is 16.9 Å². The number of nitrogens with one attached hydrogen (secondary N) is 2. The van der Waals surface area contributed by atoms with Gasteiger partial charge >= 0.3 is 6.03 Å². The fourth-order valence-electron chi connectivity index (χ4n) is 4.36. The standard InChI is InChI=1S/C25H21N3O4/c1-32-20-12-9-18-14-28(22(29)21(18)13-20)15-25(23(30)26-24(31)27-25)19-10-7-17(8-11-19)16-5-3-2-4-6-16/h2-13H,14-15H2,1H3,(H2,26,27,30,31)/t25-/m0/s1. The minimum Gasteiger partial charge on any atom is -0.497 e. The zero-order valence-electron chi connectivity index (χ0n) is 17.4. The molecule has 2 heterocycles. The Morgan fingerprint density at radius 3 is 2.31 bits per heavy atom. The number of amides is 4. The maximum atomic E-state index is 13.1.